The summed E-state index contributed by atoms with van der Waals surface area (Å²) < 4.78 is 12.8. The van der Waals surface area contributed by atoms with Gasteiger partial charge >= 0.3 is 0 Å². The second kappa shape index (κ2) is 6.34. The van der Waals surface area contributed by atoms with Crippen LogP contribution in [-0.2, 0) is 0 Å². The van der Waals surface area contributed by atoms with Gasteiger partial charge in [0.2, 0.25) is 0 Å². The third-order valence-electron chi connectivity index (χ3n) is 2.93. The topological polar surface area (TPSA) is 36.1 Å². The Kier molecular flexibility index (Phi) is 4.53. The van der Waals surface area contributed by atoms with Gasteiger partial charge in [-0.3, -0.25) is 10.9 Å². The standard InChI is InChI=1S/C15H16FN3S/c1-10-3-6-14(9-11(10)2)17-15(20)19-18-13-7-4-12(16)5-8-13/h3-9,18H,1-2H3,(H2,17,19,20). The first-order valence-electron chi connectivity index (χ1n) is 6.20. The first-order valence-corrected chi connectivity index (χ1v) is 6.61. The van der Waals surface area contributed by atoms with E-state index in [1.807, 2.05) is 25.1 Å². The summed E-state index contributed by atoms with van der Waals surface area (Å²) in [4.78, 5) is 0. The van der Waals surface area contributed by atoms with Crippen LogP contribution in [0.15, 0.2) is 42.5 Å². The lowest BCUT2D eigenvalue weighted by Gasteiger charge is -2.13. The summed E-state index contributed by atoms with van der Waals surface area (Å²) in [6.45, 7) is 4.11. The molecule has 3 N–H and O–H groups in total. The summed E-state index contributed by atoms with van der Waals surface area (Å²) in [5.41, 5.74) is 9.83. The number of aryl methyl sites for hydroxylation is 2. The van der Waals surface area contributed by atoms with E-state index < -0.39 is 0 Å². The minimum absolute atomic E-state index is 0.272. The average molecular weight is 289 g/mol. The number of anilines is 2. The second-order valence-corrected chi connectivity index (χ2v) is 4.92. The number of hydrogen-bond donors (Lipinski definition) is 3. The van der Waals surface area contributed by atoms with E-state index in [-0.39, 0.29) is 5.82 Å². The van der Waals surface area contributed by atoms with E-state index in [9.17, 15) is 4.39 Å². The zero-order valence-corrected chi connectivity index (χ0v) is 12.1. The Balaban J connectivity index is 1.89. The molecular formula is C15H16FN3S. The van der Waals surface area contributed by atoms with Gasteiger partial charge in [-0.15, -0.1) is 0 Å². The summed E-state index contributed by atoms with van der Waals surface area (Å²) in [6, 6.07) is 12.0. The normalized spacial score (nSPS) is 9.95. The van der Waals surface area contributed by atoms with Crippen molar-refractivity contribution in [2.24, 2.45) is 0 Å². The minimum atomic E-state index is -0.272. The monoisotopic (exact) mass is 289 g/mol. The Morgan fingerprint density at radius 3 is 2.25 bits per heavy atom. The Morgan fingerprint density at radius 1 is 0.950 bits per heavy atom. The van der Waals surface area contributed by atoms with E-state index in [0.717, 1.165) is 11.4 Å². The van der Waals surface area contributed by atoms with Gasteiger partial charge in [0.15, 0.2) is 5.11 Å². The molecule has 0 amide bonds. The van der Waals surface area contributed by atoms with Crippen LogP contribution in [0, 0.1) is 19.7 Å². The second-order valence-electron chi connectivity index (χ2n) is 4.51. The van der Waals surface area contributed by atoms with E-state index in [1.165, 1.54) is 23.3 Å². The Morgan fingerprint density at radius 2 is 1.60 bits per heavy atom. The molecule has 0 saturated heterocycles. The van der Waals surface area contributed by atoms with Crippen LogP contribution >= 0.6 is 12.2 Å². The van der Waals surface area contributed by atoms with Gasteiger partial charge in [-0.05, 0) is 73.6 Å². The van der Waals surface area contributed by atoms with Crippen molar-refractivity contribution >= 4 is 28.7 Å². The van der Waals surface area contributed by atoms with Gasteiger partial charge in [0.25, 0.3) is 0 Å². The maximum Gasteiger partial charge on any atom is 0.189 e. The van der Waals surface area contributed by atoms with Crippen LogP contribution in [0.5, 0.6) is 0 Å². The molecule has 0 saturated carbocycles. The first kappa shape index (κ1) is 14.3. The average Bonchev–Trinajstić information content (AvgIpc) is 2.42. The lowest BCUT2D eigenvalue weighted by molar-refractivity contribution is 0.628. The molecule has 0 aromatic heterocycles. The van der Waals surface area contributed by atoms with Crippen LogP contribution in [0.25, 0.3) is 0 Å². The van der Waals surface area contributed by atoms with Crippen LogP contribution in [0.2, 0.25) is 0 Å². The molecule has 20 heavy (non-hydrogen) atoms. The van der Waals surface area contributed by atoms with Crippen LogP contribution in [0.4, 0.5) is 15.8 Å². The Labute approximate surface area is 123 Å². The van der Waals surface area contributed by atoms with E-state index >= 15 is 0 Å². The minimum Gasteiger partial charge on any atom is -0.331 e. The SMILES string of the molecule is Cc1ccc(NC(=S)NNc2ccc(F)cc2)cc1C. The molecule has 0 aliphatic rings. The number of rotatable bonds is 3. The Bertz CT molecular complexity index is 611. The van der Waals surface area contributed by atoms with E-state index in [0.29, 0.717) is 5.11 Å². The highest BCUT2D eigenvalue weighted by molar-refractivity contribution is 7.80. The van der Waals surface area contributed by atoms with Gasteiger partial charge < -0.3 is 5.32 Å². The number of halogens is 1. The molecule has 2 rings (SSSR count). The van der Waals surface area contributed by atoms with Gasteiger partial charge in [-0.1, -0.05) is 6.07 Å². The Hall–Kier alpha value is -2.14. The molecule has 5 heteroatoms. The third-order valence-corrected chi connectivity index (χ3v) is 3.13. The predicted molar refractivity (Wildman–Crippen MR) is 85.3 cm³/mol. The van der Waals surface area contributed by atoms with Crippen molar-refractivity contribution in [1.82, 2.24) is 5.43 Å². The van der Waals surface area contributed by atoms with Crippen molar-refractivity contribution in [2.75, 3.05) is 10.7 Å². The van der Waals surface area contributed by atoms with Crippen molar-refractivity contribution in [1.29, 1.82) is 0 Å². The van der Waals surface area contributed by atoms with Crippen molar-refractivity contribution in [3.63, 3.8) is 0 Å². The fraction of sp³-hybridized carbons (Fsp3) is 0.133. The highest BCUT2D eigenvalue weighted by Gasteiger charge is 1.99. The molecule has 0 aliphatic heterocycles. The van der Waals surface area contributed by atoms with E-state index in [2.05, 4.69) is 23.1 Å². The molecule has 104 valence electrons. The van der Waals surface area contributed by atoms with Crippen LogP contribution in [0.3, 0.4) is 0 Å². The van der Waals surface area contributed by atoms with Gasteiger partial charge in [0.05, 0.1) is 5.69 Å². The number of thiocarbonyl (C=S) groups is 1. The predicted octanol–water partition coefficient (Wildman–Crippen LogP) is 3.76. The molecule has 0 aliphatic carbocycles. The third kappa shape index (κ3) is 3.93. The van der Waals surface area contributed by atoms with Gasteiger partial charge in [-0.25, -0.2) is 4.39 Å². The molecule has 2 aromatic carbocycles. The lowest BCUT2D eigenvalue weighted by Crippen LogP contribution is -2.33. The summed E-state index contributed by atoms with van der Waals surface area (Å²) in [6.07, 6.45) is 0. The van der Waals surface area contributed by atoms with Crippen molar-refractivity contribution in [2.45, 2.75) is 13.8 Å². The molecule has 0 bridgehead atoms. The highest BCUT2D eigenvalue weighted by atomic mass is 32.1. The first-order chi connectivity index (χ1) is 9.54. The molecule has 0 fully saturated rings. The molecule has 0 atom stereocenters. The molecule has 0 radical (unpaired) electrons. The van der Waals surface area contributed by atoms with E-state index in [1.54, 1.807) is 12.1 Å². The van der Waals surface area contributed by atoms with Crippen molar-refractivity contribution < 1.29 is 4.39 Å². The number of hydrogen-bond acceptors (Lipinski definition) is 2. The van der Waals surface area contributed by atoms with Gasteiger partial charge in [0, 0.05) is 5.69 Å². The molecule has 2 aromatic rings. The van der Waals surface area contributed by atoms with Gasteiger partial charge in [0.1, 0.15) is 5.82 Å². The van der Waals surface area contributed by atoms with Gasteiger partial charge in [-0.2, -0.15) is 0 Å². The summed E-state index contributed by atoms with van der Waals surface area (Å²) >= 11 is 5.18. The molecule has 3 nitrogen and oxygen atoms in total. The summed E-state index contributed by atoms with van der Waals surface area (Å²) in [5, 5.41) is 3.52. The molecular weight excluding hydrogens is 273 g/mol. The van der Waals surface area contributed by atoms with E-state index in [4.69, 9.17) is 12.2 Å². The zero-order chi connectivity index (χ0) is 14.5. The number of hydrazine groups is 1. The summed E-state index contributed by atoms with van der Waals surface area (Å²) in [5.74, 6) is -0.272. The molecule has 0 spiro atoms. The van der Waals surface area contributed by atoms with Crippen LogP contribution in [0.1, 0.15) is 11.1 Å². The quantitative estimate of drug-likeness (QED) is 0.594. The lowest BCUT2D eigenvalue weighted by atomic mass is 10.1. The fourth-order valence-corrected chi connectivity index (χ4v) is 1.81. The smallest absolute Gasteiger partial charge is 0.189 e. The van der Waals surface area contributed by atoms with Crippen molar-refractivity contribution in [3.8, 4) is 0 Å². The van der Waals surface area contributed by atoms with Crippen LogP contribution < -0.4 is 16.2 Å². The maximum atomic E-state index is 12.8. The fourth-order valence-electron chi connectivity index (χ4n) is 1.64. The maximum absolute atomic E-state index is 12.8. The number of nitrogens with one attached hydrogen (secondary N) is 3. The number of benzene rings is 2. The van der Waals surface area contributed by atoms with Crippen LogP contribution in [-0.4, -0.2) is 5.11 Å². The largest absolute Gasteiger partial charge is 0.331 e. The highest BCUT2D eigenvalue weighted by Crippen LogP contribution is 2.14. The molecule has 0 heterocycles. The van der Waals surface area contributed by atoms with Crippen molar-refractivity contribution in [3.05, 3.63) is 59.4 Å². The molecule has 0 unspecified atom stereocenters. The summed E-state index contributed by atoms with van der Waals surface area (Å²) in [7, 11) is 0. The zero-order valence-electron chi connectivity index (χ0n) is 11.3.